The van der Waals surface area contributed by atoms with Crippen molar-refractivity contribution in [3.05, 3.63) is 18.1 Å². The summed E-state index contributed by atoms with van der Waals surface area (Å²) < 4.78 is 0. The third-order valence-electron chi connectivity index (χ3n) is 3.12. The molecule has 0 radical (unpaired) electrons. The molecule has 0 bridgehead atoms. The summed E-state index contributed by atoms with van der Waals surface area (Å²) in [6.45, 7) is 3.77. The number of nitrogens with zero attached hydrogens (tertiary/aromatic N) is 4. The Hall–Kier alpha value is -2.02. The predicted molar refractivity (Wildman–Crippen MR) is 68.3 cm³/mol. The van der Waals surface area contributed by atoms with Gasteiger partial charge in [0.25, 0.3) is 0 Å². The first-order chi connectivity index (χ1) is 9.19. The first-order valence-electron chi connectivity index (χ1n) is 6.15. The molecule has 1 aromatic rings. The number of carbonyl (C=O) groups is 2. The summed E-state index contributed by atoms with van der Waals surface area (Å²) in [6.07, 6.45) is 3.89. The minimum atomic E-state index is -0.766. The highest BCUT2D eigenvalue weighted by Crippen LogP contribution is 2.12. The van der Waals surface area contributed by atoms with Gasteiger partial charge in [0.05, 0.1) is 18.8 Å². The van der Waals surface area contributed by atoms with E-state index in [1.165, 1.54) is 6.20 Å². The Morgan fingerprint density at radius 1 is 1.26 bits per heavy atom. The van der Waals surface area contributed by atoms with Crippen LogP contribution in [0.3, 0.4) is 0 Å². The lowest BCUT2D eigenvalue weighted by molar-refractivity contribution is -0.137. The lowest BCUT2D eigenvalue weighted by Gasteiger charge is -2.34. The SMILES string of the molecule is O=Cc1cnc(N2CCN(CCC(=O)O)CC2)cn1. The van der Waals surface area contributed by atoms with E-state index >= 15 is 0 Å². The number of aromatic nitrogens is 2. The number of carbonyl (C=O) groups excluding carboxylic acids is 1. The van der Waals surface area contributed by atoms with E-state index in [1.807, 2.05) is 0 Å². The smallest absolute Gasteiger partial charge is 0.304 e. The molecule has 1 aliphatic rings. The summed E-state index contributed by atoms with van der Waals surface area (Å²) >= 11 is 0. The van der Waals surface area contributed by atoms with Gasteiger partial charge in [0.15, 0.2) is 6.29 Å². The van der Waals surface area contributed by atoms with E-state index in [9.17, 15) is 9.59 Å². The second-order valence-electron chi connectivity index (χ2n) is 4.39. The number of carboxylic acids is 1. The van der Waals surface area contributed by atoms with Crippen LogP contribution in [0.4, 0.5) is 5.82 Å². The monoisotopic (exact) mass is 264 g/mol. The first-order valence-corrected chi connectivity index (χ1v) is 6.15. The number of piperazine rings is 1. The van der Waals surface area contributed by atoms with Gasteiger partial charge in [-0.05, 0) is 0 Å². The first kappa shape index (κ1) is 13.4. The molecule has 2 heterocycles. The van der Waals surface area contributed by atoms with Gasteiger partial charge in [0.2, 0.25) is 0 Å². The molecule has 2 rings (SSSR count). The van der Waals surface area contributed by atoms with Crippen LogP contribution in [0, 0.1) is 0 Å². The van der Waals surface area contributed by atoms with Crippen molar-refractivity contribution in [2.45, 2.75) is 6.42 Å². The highest BCUT2D eigenvalue weighted by molar-refractivity contribution is 5.71. The van der Waals surface area contributed by atoms with Crippen LogP contribution in [0.15, 0.2) is 12.4 Å². The zero-order valence-electron chi connectivity index (χ0n) is 10.5. The van der Waals surface area contributed by atoms with Crippen molar-refractivity contribution in [3.63, 3.8) is 0 Å². The summed E-state index contributed by atoms with van der Waals surface area (Å²) in [7, 11) is 0. The number of aliphatic carboxylic acids is 1. The summed E-state index contributed by atoms with van der Waals surface area (Å²) in [6, 6.07) is 0. The molecule has 0 unspecified atom stereocenters. The lowest BCUT2D eigenvalue weighted by Crippen LogP contribution is -2.47. The molecular formula is C12H16N4O3. The molecule has 0 aromatic carbocycles. The zero-order chi connectivity index (χ0) is 13.7. The van der Waals surface area contributed by atoms with Gasteiger partial charge < -0.3 is 10.0 Å². The molecule has 7 heteroatoms. The van der Waals surface area contributed by atoms with E-state index in [0.717, 1.165) is 32.0 Å². The van der Waals surface area contributed by atoms with E-state index < -0.39 is 5.97 Å². The molecule has 7 nitrogen and oxygen atoms in total. The van der Waals surface area contributed by atoms with E-state index in [4.69, 9.17) is 5.11 Å². The Balaban J connectivity index is 1.85. The maximum absolute atomic E-state index is 10.5. The number of carboxylic acid groups (broad SMARTS) is 1. The van der Waals surface area contributed by atoms with Gasteiger partial charge in [-0.2, -0.15) is 0 Å². The van der Waals surface area contributed by atoms with Crippen molar-refractivity contribution in [3.8, 4) is 0 Å². The van der Waals surface area contributed by atoms with Gasteiger partial charge >= 0.3 is 5.97 Å². The number of hydrogen-bond acceptors (Lipinski definition) is 6. The van der Waals surface area contributed by atoms with Crippen molar-refractivity contribution in [1.82, 2.24) is 14.9 Å². The molecule has 102 valence electrons. The molecule has 1 saturated heterocycles. The number of aldehydes is 1. The fourth-order valence-corrected chi connectivity index (χ4v) is 2.01. The molecule has 0 amide bonds. The fraction of sp³-hybridized carbons (Fsp3) is 0.500. The Bertz CT molecular complexity index is 441. The van der Waals surface area contributed by atoms with Crippen LogP contribution in [0.1, 0.15) is 16.9 Å². The Kier molecular flexibility index (Phi) is 4.40. The highest BCUT2D eigenvalue weighted by atomic mass is 16.4. The standard InChI is InChI=1S/C12H16N4O3/c17-9-10-7-14-11(8-13-10)16-5-3-15(4-6-16)2-1-12(18)19/h7-9H,1-6H2,(H,18,19). The normalized spacial score (nSPS) is 16.3. The molecular weight excluding hydrogens is 248 g/mol. The van der Waals surface area contributed by atoms with E-state index in [2.05, 4.69) is 19.8 Å². The summed E-state index contributed by atoms with van der Waals surface area (Å²) in [5.74, 6) is -0.0127. The van der Waals surface area contributed by atoms with Crippen LogP contribution >= 0.6 is 0 Å². The van der Waals surface area contributed by atoms with Crippen LogP contribution in [0.25, 0.3) is 0 Å². The fourth-order valence-electron chi connectivity index (χ4n) is 2.01. The van der Waals surface area contributed by atoms with Crippen molar-refractivity contribution in [1.29, 1.82) is 0 Å². The van der Waals surface area contributed by atoms with E-state index in [0.29, 0.717) is 18.5 Å². The molecule has 0 spiro atoms. The Labute approximate surface area is 110 Å². The molecule has 1 N–H and O–H groups in total. The van der Waals surface area contributed by atoms with Crippen LogP contribution in [0.5, 0.6) is 0 Å². The maximum atomic E-state index is 10.5. The number of rotatable bonds is 5. The predicted octanol–water partition coefficient (Wildman–Crippen LogP) is -0.114. The minimum absolute atomic E-state index is 0.174. The average Bonchev–Trinajstić information content (AvgIpc) is 2.46. The van der Waals surface area contributed by atoms with E-state index in [1.54, 1.807) is 6.20 Å². The number of anilines is 1. The van der Waals surface area contributed by atoms with Gasteiger partial charge in [0.1, 0.15) is 11.5 Å². The number of hydrogen-bond donors (Lipinski definition) is 1. The van der Waals surface area contributed by atoms with Gasteiger partial charge in [-0.1, -0.05) is 0 Å². The average molecular weight is 264 g/mol. The Morgan fingerprint density at radius 3 is 2.53 bits per heavy atom. The topological polar surface area (TPSA) is 86.6 Å². The van der Waals surface area contributed by atoms with Gasteiger partial charge in [-0.3, -0.25) is 14.5 Å². The summed E-state index contributed by atoms with van der Waals surface area (Å²) in [5, 5.41) is 8.64. The zero-order valence-corrected chi connectivity index (χ0v) is 10.5. The molecule has 19 heavy (non-hydrogen) atoms. The van der Waals surface area contributed by atoms with Crippen molar-refractivity contribution in [2.75, 3.05) is 37.6 Å². The van der Waals surface area contributed by atoms with Gasteiger partial charge in [-0.25, -0.2) is 9.97 Å². The van der Waals surface area contributed by atoms with Crippen LogP contribution < -0.4 is 4.90 Å². The third-order valence-corrected chi connectivity index (χ3v) is 3.12. The van der Waals surface area contributed by atoms with E-state index in [-0.39, 0.29) is 6.42 Å². The summed E-state index contributed by atoms with van der Waals surface area (Å²) in [5.41, 5.74) is 0.323. The second-order valence-corrected chi connectivity index (χ2v) is 4.39. The van der Waals surface area contributed by atoms with Crippen molar-refractivity contribution >= 4 is 18.1 Å². The lowest BCUT2D eigenvalue weighted by atomic mass is 10.3. The van der Waals surface area contributed by atoms with Gasteiger partial charge in [-0.15, -0.1) is 0 Å². The molecule has 1 fully saturated rings. The van der Waals surface area contributed by atoms with Crippen LogP contribution in [-0.2, 0) is 4.79 Å². The molecule has 0 atom stereocenters. The second kappa shape index (κ2) is 6.24. The summed E-state index contributed by atoms with van der Waals surface area (Å²) in [4.78, 5) is 33.4. The third kappa shape index (κ3) is 3.72. The molecule has 0 saturated carbocycles. The maximum Gasteiger partial charge on any atom is 0.304 e. The molecule has 1 aliphatic heterocycles. The van der Waals surface area contributed by atoms with Gasteiger partial charge in [0, 0.05) is 32.7 Å². The Morgan fingerprint density at radius 2 is 2.00 bits per heavy atom. The van der Waals surface area contributed by atoms with Crippen molar-refractivity contribution in [2.24, 2.45) is 0 Å². The quantitative estimate of drug-likeness (QED) is 0.742. The van der Waals surface area contributed by atoms with Crippen LogP contribution in [0.2, 0.25) is 0 Å². The van der Waals surface area contributed by atoms with Crippen molar-refractivity contribution < 1.29 is 14.7 Å². The minimum Gasteiger partial charge on any atom is -0.481 e. The molecule has 0 aliphatic carbocycles. The molecule has 1 aromatic heterocycles. The largest absolute Gasteiger partial charge is 0.481 e. The van der Waals surface area contributed by atoms with Crippen LogP contribution in [-0.4, -0.2) is 65.0 Å². The highest BCUT2D eigenvalue weighted by Gasteiger charge is 2.18.